The third-order valence-electron chi connectivity index (χ3n) is 10.1. The maximum atomic E-state index is 7.04. The molecule has 0 aliphatic rings. The van der Waals surface area contributed by atoms with Gasteiger partial charge in [-0.3, -0.25) is 0 Å². The number of fused-ring (bicyclic) bond motifs is 10. The number of hydrogen-bond acceptors (Lipinski definition) is 3. The average Bonchev–Trinajstić information content (AvgIpc) is 3.85. The predicted octanol–water partition coefficient (Wildman–Crippen LogP) is 14.0. The third-order valence-corrected chi connectivity index (χ3v) is 11.2. The molecule has 8 aromatic carbocycles. The number of benzene rings is 8. The molecule has 0 spiro atoms. The zero-order chi connectivity index (χ0) is 32.1. The lowest BCUT2D eigenvalue weighted by atomic mass is 9.86. The van der Waals surface area contributed by atoms with E-state index in [9.17, 15) is 0 Å². The summed E-state index contributed by atoms with van der Waals surface area (Å²) in [7, 11) is 0. The maximum Gasteiger partial charge on any atom is 0.147 e. The zero-order valence-electron chi connectivity index (χ0n) is 26.2. The van der Waals surface area contributed by atoms with Crippen LogP contribution in [0.1, 0.15) is 0 Å². The zero-order valence-corrected chi connectivity index (χ0v) is 27.1. The van der Waals surface area contributed by atoms with Crippen molar-refractivity contribution < 1.29 is 8.83 Å². The molecule has 0 aliphatic carbocycles. The van der Waals surface area contributed by atoms with Gasteiger partial charge < -0.3 is 8.83 Å². The molecule has 228 valence electrons. The van der Waals surface area contributed by atoms with Crippen molar-refractivity contribution in [2.75, 3.05) is 0 Å². The molecule has 0 bridgehead atoms. The summed E-state index contributed by atoms with van der Waals surface area (Å²) in [4.78, 5) is 0. The van der Waals surface area contributed by atoms with Gasteiger partial charge in [0.15, 0.2) is 0 Å². The van der Waals surface area contributed by atoms with Crippen molar-refractivity contribution in [3.63, 3.8) is 0 Å². The van der Waals surface area contributed by atoms with E-state index in [-0.39, 0.29) is 0 Å². The van der Waals surface area contributed by atoms with Crippen molar-refractivity contribution in [3.8, 4) is 33.6 Å². The van der Waals surface area contributed by atoms with Gasteiger partial charge in [-0.15, -0.1) is 11.3 Å². The molecule has 49 heavy (non-hydrogen) atoms. The molecule has 3 aromatic heterocycles. The fourth-order valence-corrected chi connectivity index (χ4v) is 9.13. The van der Waals surface area contributed by atoms with E-state index in [0.29, 0.717) is 0 Å². The lowest BCUT2D eigenvalue weighted by Gasteiger charge is -2.17. The Labute approximate surface area is 285 Å². The van der Waals surface area contributed by atoms with Crippen molar-refractivity contribution >= 4 is 86.0 Å². The van der Waals surface area contributed by atoms with Gasteiger partial charge >= 0.3 is 0 Å². The van der Waals surface area contributed by atoms with Crippen LogP contribution in [0.25, 0.3) is 108 Å². The first kappa shape index (κ1) is 26.9. The Morgan fingerprint density at radius 2 is 0.939 bits per heavy atom. The lowest BCUT2D eigenvalue weighted by Crippen LogP contribution is -1.91. The summed E-state index contributed by atoms with van der Waals surface area (Å²) >= 11 is 1.86. The van der Waals surface area contributed by atoms with Crippen LogP contribution in [0, 0.1) is 0 Å². The number of furan rings is 2. The van der Waals surface area contributed by atoms with Crippen LogP contribution >= 0.6 is 11.3 Å². The number of rotatable bonds is 3. The minimum atomic E-state index is 0.813. The second kappa shape index (κ2) is 10.2. The standard InChI is InChI=1S/C46H26O2S/c1-2-12-27(13-3-1)42-44-38(25-24-36-29-14-8-10-20-37(29)47-45(36)44)48-46(42)43-34-18-6-4-16-32(34)41(33-17-5-7-19-35(33)43)28-22-23-31-30-15-9-11-21-39(30)49-40(31)26-28/h1-26H. The van der Waals surface area contributed by atoms with Crippen molar-refractivity contribution in [1.29, 1.82) is 0 Å². The number of para-hydroxylation sites is 1. The SMILES string of the molecule is c1ccc(-c2c(-c3c4ccccc4c(-c4ccc5c(c4)sc4ccccc45)c4ccccc34)oc3ccc4c5ccccc5oc4c23)cc1. The molecule has 0 saturated carbocycles. The highest BCUT2D eigenvalue weighted by molar-refractivity contribution is 7.25. The minimum absolute atomic E-state index is 0.813. The highest BCUT2D eigenvalue weighted by Crippen LogP contribution is 2.51. The summed E-state index contributed by atoms with van der Waals surface area (Å²) in [6.07, 6.45) is 0. The van der Waals surface area contributed by atoms with Crippen molar-refractivity contribution in [3.05, 3.63) is 158 Å². The van der Waals surface area contributed by atoms with Crippen LogP contribution in [-0.4, -0.2) is 0 Å². The monoisotopic (exact) mass is 642 g/mol. The Hall–Kier alpha value is -6.16. The van der Waals surface area contributed by atoms with Gasteiger partial charge in [0.05, 0.1) is 5.39 Å². The first-order chi connectivity index (χ1) is 24.3. The van der Waals surface area contributed by atoms with Gasteiger partial charge in [0.2, 0.25) is 0 Å². The van der Waals surface area contributed by atoms with Crippen LogP contribution in [0.15, 0.2) is 167 Å². The van der Waals surface area contributed by atoms with Gasteiger partial charge in [-0.1, -0.05) is 127 Å². The molecule has 0 fully saturated rings. The van der Waals surface area contributed by atoms with Crippen LogP contribution in [0.3, 0.4) is 0 Å². The lowest BCUT2D eigenvalue weighted by molar-refractivity contribution is 0.633. The summed E-state index contributed by atoms with van der Waals surface area (Å²) < 4.78 is 16.3. The fourth-order valence-electron chi connectivity index (χ4n) is 7.99. The molecule has 3 heterocycles. The first-order valence-electron chi connectivity index (χ1n) is 16.6. The van der Waals surface area contributed by atoms with Gasteiger partial charge in [0.25, 0.3) is 0 Å². The van der Waals surface area contributed by atoms with E-state index in [2.05, 4.69) is 146 Å². The topological polar surface area (TPSA) is 26.3 Å². The summed E-state index contributed by atoms with van der Waals surface area (Å²) in [6.45, 7) is 0. The van der Waals surface area contributed by atoms with Crippen LogP contribution in [0.4, 0.5) is 0 Å². The molecule has 0 amide bonds. The van der Waals surface area contributed by atoms with E-state index in [0.717, 1.165) is 66.1 Å². The van der Waals surface area contributed by atoms with Gasteiger partial charge in [0.1, 0.15) is 22.5 Å². The van der Waals surface area contributed by atoms with Crippen molar-refractivity contribution in [1.82, 2.24) is 0 Å². The number of thiophene rings is 1. The Balaban J connectivity index is 1.27. The van der Waals surface area contributed by atoms with Crippen LogP contribution in [-0.2, 0) is 0 Å². The van der Waals surface area contributed by atoms with Gasteiger partial charge in [-0.05, 0) is 68.6 Å². The minimum Gasteiger partial charge on any atom is -0.455 e. The molecule has 0 N–H and O–H groups in total. The van der Waals surface area contributed by atoms with Crippen LogP contribution in [0.2, 0.25) is 0 Å². The quantitative estimate of drug-likeness (QED) is 0.179. The molecule has 0 saturated heterocycles. The first-order valence-corrected chi connectivity index (χ1v) is 17.4. The number of hydrogen-bond donors (Lipinski definition) is 0. The molecule has 0 atom stereocenters. The summed E-state index contributed by atoms with van der Waals surface area (Å²) in [5.74, 6) is 0.855. The second-order valence-electron chi connectivity index (χ2n) is 12.7. The molecule has 3 heteroatoms. The highest BCUT2D eigenvalue weighted by Gasteiger charge is 2.26. The fraction of sp³-hybridized carbons (Fsp3) is 0. The van der Waals surface area contributed by atoms with Crippen LogP contribution < -0.4 is 0 Å². The van der Waals surface area contributed by atoms with E-state index >= 15 is 0 Å². The predicted molar refractivity (Wildman–Crippen MR) is 208 cm³/mol. The summed E-state index contributed by atoms with van der Waals surface area (Å²) in [5.41, 5.74) is 8.25. The molecule has 2 nitrogen and oxygen atoms in total. The van der Waals surface area contributed by atoms with E-state index in [1.54, 1.807) is 0 Å². The highest BCUT2D eigenvalue weighted by atomic mass is 32.1. The molecular formula is C46H26O2S. The van der Waals surface area contributed by atoms with E-state index < -0.39 is 0 Å². The maximum absolute atomic E-state index is 7.04. The second-order valence-corrected chi connectivity index (χ2v) is 13.8. The summed E-state index contributed by atoms with van der Waals surface area (Å²) in [5, 5.41) is 10.5. The van der Waals surface area contributed by atoms with Gasteiger partial charge in [-0.2, -0.15) is 0 Å². The Bertz CT molecular complexity index is 3050. The molecule has 0 radical (unpaired) electrons. The van der Waals surface area contributed by atoms with E-state index in [1.165, 1.54) is 42.1 Å². The summed E-state index contributed by atoms with van der Waals surface area (Å²) in [6, 6.07) is 56.4. The third kappa shape index (κ3) is 3.82. The van der Waals surface area contributed by atoms with Gasteiger partial charge in [0, 0.05) is 42.1 Å². The molecule has 0 aliphatic heterocycles. The molecular weight excluding hydrogens is 617 g/mol. The smallest absolute Gasteiger partial charge is 0.147 e. The molecule has 11 rings (SSSR count). The van der Waals surface area contributed by atoms with Crippen LogP contribution in [0.5, 0.6) is 0 Å². The Morgan fingerprint density at radius 1 is 0.347 bits per heavy atom. The Kier molecular flexibility index (Phi) is 5.57. The van der Waals surface area contributed by atoms with E-state index in [4.69, 9.17) is 8.83 Å². The normalized spacial score (nSPS) is 12.1. The molecule has 11 aromatic rings. The Morgan fingerprint density at radius 3 is 1.69 bits per heavy atom. The van der Waals surface area contributed by atoms with Crippen molar-refractivity contribution in [2.45, 2.75) is 0 Å². The van der Waals surface area contributed by atoms with Gasteiger partial charge in [-0.25, -0.2) is 0 Å². The van der Waals surface area contributed by atoms with E-state index in [1.807, 2.05) is 23.5 Å². The van der Waals surface area contributed by atoms with Crippen molar-refractivity contribution in [2.24, 2.45) is 0 Å². The molecule has 0 unspecified atom stereocenters. The average molecular weight is 643 g/mol. The largest absolute Gasteiger partial charge is 0.455 e.